The molecule has 3 fully saturated rings. The summed E-state index contributed by atoms with van der Waals surface area (Å²) in [7, 11) is 0. The van der Waals surface area contributed by atoms with Gasteiger partial charge in [0.1, 0.15) is 5.60 Å². The number of hydrogen-bond acceptors (Lipinski definition) is 3. The molecule has 3 aliphatic rings. The Labute approximate surface area is 230 Å². The van der Waals surface area contributed by atoms with E-state index in [1.165, 1.54) is 18.9 Å². The topological polar surface area (TPSA) is 37.7 Å². The second-order valence-electron chi connectivity index (χ2n) is 11.4. The Morgan fingerprint density at radius 3 is 2.40 bits per heavy atom. The van der Waals surface area contributed by atoms with Gasteiger partial charge in [-0.1, -0.05) is 30.3 Å². The first-order chi connectivity index (χ1) is 19.4. The molecule has 1 saturated carbocycles. The summed E-state index contributed by atoms with van der Waals surface area (Å²) < 4.78 is 51.1. The van der Waals surface area contributed by atoms with Crippen LogP contribution in [0, 0.1) is 23.4 Å². The number of carbonyl (C=O) groups excluding carboxylic acids is 1. The number of ether oxygens (including phenoxy) is 1. The lowest BCUT2D eigenvalue weighted by molar-refractivity contribution is -0.000891. The van der Waals surface area contributed by atoms with Crippen LogP contribution in [-0.4, -0.2) is 40.8 Å². The van der Waals surface area contributed by atoms with Crippen LogP contribution in [0.1, 0.15) is 31.2 Å². The van der Waals surface area contributed by atoms with Gasteiger partial charge in [0.2, 0.25) is 0 Å². The zero-order valence-electron chi connectivity index (χ0n) is 22.1. The van der Waals surface area contributed by atoms with Crippen LogP contribution in [0.5, 0.6) is 0 Å². The number of amides is 1. The van der Waals surface area contributed by atoms with Crippen LogP contribution in [0.15, 0.2) is 66.9 Å². The van der Waals surface area contributed by atoms with Crippen molar-refractivity contribution in [1.29, 1.82) is 0 Å². The summed E-state index contributed by atoms with van der Waals surface area (Å²) in [5, 5.41) is 0.871. The van der Waals surface area contributed by atoms with Gasteiger partial charge in [0.25, 0.3) is 0 Å². The fourth-order valence-corrected chi connectivity index (χ4v) is 6.30. The van der Waals surface area contributed by atoms with Gasteiger partial charge in [0, 0.05) is 67.4 Å². The van der Waals surface area contributed by atoms with E-state index in [1.54, 1.807) is 11.0 Å². The molecule has 4 aromatic rings. The van der Waals surface area contributed by atoms with Crippen molar-refractivity contribution in [3.8, 4) is 11.1 Å². The molecule has 0 atom stereocenters. The van der Waals surface area contributed by atoms with Crippen LogP contribution in [0.25, 0.3) is 22.0 Å². The first-order valence-corrected chi connectivity index (χ1v) is 13.9. The molecule has 7 rings (SSSR count). The summed E-state index contributed by atoms with van der Waals surface area (Å²) in [6.07, 6.45) is 5.65. The molecular weight excluding hydrogens is 515 g/mol. The van der Waals surface area contributed by atoms with E-state index in [2.05, 4.69) is 15.7 Å². The van der Waals surface area contributed by atoms with Crippen LogP contribution in [0.3, 0.4) is 0 Å². The standard InChI is InChI=1S/C32H30F3N3O2/c33-26-12-11-25(29(34)30(26)35)24-7-4-8-27-28(24)22(19-37(27)17-21-9-10-21)18-36-15-13-32(14-16-36)20-38(31(39)40-32)23-5-2-1-3-6-23/h1-8,11-12,19,21H,9-10,13-18,20H2. The Morgan fingerprint density at radius 1 is 0.875 bits per heavy atom. The van der Waals surface area contributed by atoms with Crippen LogP contribution in [0.4, 0.5) is 23.7 Å². The van der Waals surface area contributed by atoms with E-state index in [0.717, 1.165) is 47.9 Å². The van der Waals surface area contributed by atoms with Crippen molar-refractivity contribution in [3.05, 3.63) is 89.9 Å². The van der Waals surface area contributed by atoms with E-state index < -0.39 is 23.1 Å². The number of nitrogens with zero attached hydrogens (tertiary/aromatic N) is 3. The average molecular weight is 546 g/mol. The highest BCUT2D eigenvalue weighted by molar-refractivity contribution is 5.98. The Bertz CT molecular complexity index is 1590. The number of anilines is 1. The molecule has 3 heterocycles. The van der Waals surface area contributed by atoms with Gasteiger partial charge in [-0.3, -0.25) is 9.80 Å². The summed E-state index contributed by atoms with van der Waals surface area (Å²) in [6, 6.07) is 17.5. The van der Waals surface area contributed by atoms with Gasteiger partial charge in [0.15, 0.2) is 17.5 Å². The molecule has 1 aromatic heterocycles. The number of fused-ring (bicyclic) bond motifs is 1. The molecule has 0 unspecified atom stereocenters. The summed E-state index contributed by atoms with van der Waals surface area (Å²) in [6.45, 7) is 3.53. The smallest absolute Gasteiger partial charge is 0.415 e. The second-order valence-corrected chi connectivity index (χ2v) is 11.4. The highest BCUT2D eigenvalue weighted by Gasteiger charge is 2.47. The van der Waals surface area contributed by atoms with Crippen molar-refractivity contribution in [2.45, 2.75) is 44.4 Å². The number of likely N-dealkylation sites (tertiary alicyclic amines) is 1. The number of piperidine rings is 1. The normalized spacial score (nSPS) is 19.1. The van der Waals surface area contributed by atoms with E-state index in [-0.39, 0.29) is 11.7 Å². The minimum absolute atomic E-state index is 0.0615. The van der Waals surface area contributed by atoms with Crippen LogP contribution < -0.4 is 4.90 Å². The van der Waals surface area contributed by atoms with Crippen molar-refractivity contribution in [2.24, 2.45) is 5.92 Å². The SMILES string of the molecule is O=C1OC2(CCN(Cc3cn(CC4CC4)c4cccc(-c5ccc(F)c(F)c5F)c34)CC2)CN1c1ccccc1. The van der Waals surface area contributed by atoms with Crippen LogP contribution in [0.2, 0.25) is 0 Å². The van der Waals surface area contributed by atoms with E-state index in [1.807, 2.05) is 42.5 Å². The molecule has 3 aromatic carbocycles. The van der Waals surface area contributed by atoms with Crippen molar-refractivity contribution in [1.82, 2.24) is 9.47 Å². The zero-order chi connectivity index (χ0) is 27.4. The molecular formula is C32H30F3N3O2. The molecule has 206 valence electrons. The van der Waals surface area contributed by atoms with Gasteiger partial charge < -0.3 is 9.30 Å². The second kappa shape index (κ2) is 9.70. The zero-order valence-corrected chi connectivity index (χ0v) is 22.1. The van der Waals surface area contributed by atoms with Crippen molar-refractivity contribution < 1.29 is 22.7 Å². The molecule has 1 spiro atoms. The average Bonchev–Trinajstić information content (AvgIpc) is 3.64. The number of benzene rings is 3. The number of halogens is 3. The maximum atomic E-state index is 15.0. The quantitative estimate of drug-likeness (QED) is 0.242. The molecule has 5 nitrogen and oxygen atoms in total. The molecule has 1 aliphatic carbocycles. The summed E-state index contributed by atoms with van der Waals surface area (Å²) in [5.74, 6) is -3.18. The highest BCUT2D eigenvalue weighted by Crippen LogP contribution is 2.40. The van der Waals surface area contributed by atoms with Crippen LogP contribution >= 0.6 is 0 Å². The summed E-state index contributed by atoms with van der Waals surface area (Å²) in [5.41, 5.74) is 2.96. The molecule has 8 heteroatoms. The lowest BCUT2D eigenvalue weighted by atomic mass is 9.90. The van der Waals surface area contributed by atoms with E-state index in [9.17, 15) is 18.0 Å². The maximum absolute atomic E-state index is 15.0. The molecule has 40 heavy (non-hydrogen) atoms. The van der Waals surface area contributed by atoms with Crippen molar-refractivity contribution in [3.63, 3.8) is 0 Å². The number of hydrogen-bond donors (Lipinski definition) is 0. The van der Waals surface area contributed by atoms with Gasteiger partial charge in [0.05, 0.1) is 6.54 Å². The third kappa shape index (κ3) is 4.44. The van der Waals surface area contributed by atoms with Gasteiger partial charge >= 0.3 is 6.09 Å². The van der Waals surface area contributed by atoms with Gasteiger partial charge in [-0.15, -0.1) is 0 Å². The maximum Gasteiger partial charge on any atom is 0.415 e. The predicted octanol–water partition coefficient (Wildman–Crippen LogP) is 7.13. The highest BCUT2D eigenvalue weighted by atomic mass is 19.2. The first-order valence-electron chi connectivity index (χ1n) is 13.9. The molecule has 0 bridgehead atoms. The van der Waals surface area contributed by atoms with Gasteiger partial charge in [-0.2, -0.15) is 0 Å². The number of carbonyl (C=O) groups is 1. The summed E-state index contributed by atoms with van der Waals surface area (Å²) >= 11 is 0. The number of rotatable bonds is 6. The molecule has 0 N–H and O–H groups in total. The molecule has 2 saturated heterocycles. The Hall–Kier alpha value is -3.78. The fraction of sp³-hybridized carbons (Fsp3) is 0.344. The largest absolute Gasteiger partial charge is 0.441 e. The van der Waals surface area contributed by atoms with Gasteiger partial charge in [-0.05, 0) is 60.2 Å². The van der Waals surface area contributed by atoms with E-state index >= 15 is 0 Å². The Morgan fingerprint density at radius 2 is 1.65 bits per heavy atom. The van der Waals surface area contributed by atoms with Crippen molar-refractivity contribution >= 4 is 22.7 Å². The predicted molar refractivity (Wildman–Crippen MR) is 147 cm³/mol. The monoisotopic (exact) mass is 545 g/mol. The minimum atomic E-state index is -1.45. The molecule has 0 radical (unpaired) electrons. The van der Waals surface area contributed by atoms with E-state index in [4.69, 9.17) is 4.74 Å². The third-order valence-corrected chi connectivity index (χ3v) is 8.66. The van der Waals surface area contributed by atoms with Gasteiger partial charge in [-0.25, -0.2) is 18.0 Å². The number of para-hydroxylation sites is 1. The number of aromatic nitrogens is 1. The molecule has 1 amide bonds. The van der Waals surface area contributed by atoms with Crippen molar-refractivity contribution in [2.75, 3.05) is 24.5 Å². The fourth-order valence-electron chi connectivity index (χ4n) is 6.30. The minimum Gasteiger partial charge on any atom is -0.441 e. The lowest BCUT2D eigenvalue weighted by Gasteiger charge is -2.37. The first kappa shape index (κ1) is 25.2. The van der Waals surface area contributed by atoms with Crippen LogP contribution in [-0.2, 0) is 17.8 Å². The Balaban J connectivity index is 1.17. The molecule has 2 aliphatic heterocycles. The van der Waals surface area contributed by atoms with E-state index in [0.29, 0.717) is 37.4 Å². The third-order valence-electron chi connectivity index (χ3n) is 8.66. The lowest BCUT2D eigenvalue weighted by Crippen LogP contribution is -2.46. The summed E-state index contributed by atoms with van der Waals surface area (Å²) in [4.78, 5) is 16.8. The Kier molecular flexibility index (Phi) is 6.11.